The van der Waals surface area contributed by atoms with Crippen LogP contribution in [0.25, 0.3) is 11.0 Å². The van der Waals surface area contributed by atoms with Crippen molar-refractivity contribution in [3.05, 3.63) is 29.0 Å². The van der Waals surface area contributed by atoms with Crippen molar-refractivity contribution in [2.75, 3.05) is 0 Å². The maximum absolute atomic E-state index is 11.2. The lowest BCUT2D eigenvalue weighted by molar-refractivity contribution is -0.139. The molecule has 0 aliphatic heterocycles. The second-order valence-corrected chi connectivity index (χ2v) is 5.78. The van der Waals surface area contributed by atoms with Crippen molar-refractivity contribution in [3.63, 3.8) is 0 Å². The van der Waals surface area contributed by atoms with Gasteiger partial charge in [-0.25, -0.2) is 4.98 Å². The van der Waals surface area contributed by atoms with Crippen LogP contribution in [0.1, 0.15) is 25.6 Å². The van der Waals surface area contributed by atoms with E-state index in [2.05, 4.69) is 9.97 Å². The van der Waals surface area contributed by atoms with E-state index in [9.17, 15) is 9.90 Å². The molecule has 2 unspecified atom stereocenters. The molecule has 0 amide bonds. The Balaban J connectivity index is 2.07. The molecule has 1 heterocycles. The molecule has 18 heavy (non-hydrogen) atoms. The Morgan fingerprint density at radius 2 is 2.22 bits per heavy atom. The van der Waals surface area contributed by atoms with Gasteiger partial charge in [0.05, 0.1) is 16.5 Å². The molecule has 2 N–H and O–H groups in total. The maximum atomic E-state index is 11.2. The summed E-state index contributed by atoms with van der Waals surface area (Å²) in [7, 11) is 0. The summed E-state index contributed by atoms with van der Waals surface area (Å²) in [5.74, 6) is -0.498. The molecular formula is C13H13ClN2O2. The number of H-pyrrole nitrogens is 1. The summed E-state index contributed by atoms with van der Waals surface area (Å²) in [6.07, 6.45) is 0. The number of carboxylic acids is 1. The highest BCUT2D eigenvalue weighted by Crippen LogP contribution is 2.63. The number of imidazole rings is 1. The lowest BCUT2D eigenvalue weighted by atomic mass is 10.1. The van der Waals surface area contributed by atoms with Crippen LogP contribution in [0.2, 0.25) is 5.02 Å². The van der Waals surface area contributed by atoms with Crippen LogP contribution in [0.15, 0.2) is 18.2 Å². The van der Waals surface area contributed by atoms with Crippen molar-refractivity contribution in [2.45, 2.75) is 19.8 Å². The molecule has 0 spiro atoms. The molecule has 0 radical (unpaired) electrons. The van der Waals surface area contributed by atoms with Crippen LogP contribution in [0.5, 0.6) is 0 Å². The zero-order valence-corrected chi connectivity index (χ0v) is 10.8. The Labute approximate surface area is 109 Å². The number of benzene rings is 1. The molecule has 4 nitrogen and oxygen atoms in total. The number of para-hydroxylation sites is 1. The van der Waals surface area contributed by atoms with Gasteiger partial charge in [-0.05, 0) is 17.5 Å². The number of hydrogen-bond acceptors (Lipinski definition) is 2. The van der Waals surface area contributed by atoms with Gasteiger partial charge in [0.15, 0.2) is 0 Å². The number of carbonyl (C=O) groups is 1. The molecule has 0 bridgehead atoms. The second-order valence-electron chi connectivity index (χ2n) is 5.37. The Morgan fingerprint density at radius 1 is 1.50 bits per heavy atom. The fraction of sp³-hybridized carbons (Fsp3) is 0.385. The highest BCUT2D eigenvalue weighted by atomic mass is 35.5. The average molecular weight is 265 g/mol. The molecule has 1 aliphatic rings. The zero-order chi connectivity index (χ0) is 13.1. The maximum Gasteiger partial charge on any atom is 0.307 e. The summed E-state index contributed by atoms with van der Waals surface area (Å²) < 4.78 is 0. The average Bonchev–Trinajstić information content (AvgIpc) is 2.68. The van der Waals surface area contributed by atoms with Gasteiger partial charge >= 0.3 is 5.97 Å². The van der Waals surface area contributed by atoms with Crippen molar-refractivity contribution in [1.29, 1.82) is 0 Å². The SMILES string of the molecule is CC1(C)C(C(=O)O)C1c1nc2c(Cl)cccc2[nH]1. The van der Waals surface area contributed by atoms with Crippen LogP contribution in [0.4, 0.5) is 0 Å². The third-order valence-electron chi connectivity index (χ3n) is 3.87. The van der Waals surface area contributed by atoms with Gasteiger partial charge in [-0.3, -0.25) is 4.79 Å². The molecule has 1 saturated carbocycles. The van der Waals surface area contributed by atoms with Crippen LogP contribution in [-0.4, -0.2) is 21.0 Å². The van der Waals surface area contributed by atoms with E-state index in [-0.39, 0.29) is 17.3 Å². The topological polar surface area (TPSA) is 66.0 Å². The molecule has 1 fully saturated rings. The number of nitrogens with one attached hydrogen (secondary N) is 1. The summed E-state index contributed by atoms with van der Waals surface area (Å²) in [5, 5.41) is 9.77. The van der Waals surface area contributed by atoms with Crippen LogP contribution in [-0.2, 0) is 4.79 Å². The first-order valence-electron chi connectivity index (χ1n) is 5.80. The number of carboxylic acid groups (broad SMARTS) is 1. The number of rotatable bonds is 2. The van der Waals surface area contributed by atoms with Crippen LogP contribution in [0, 0.1) is 11.3 Å². The molecule has 1 aliphatic carbocycles. The lowest BCUT2D eigenvalue weighted by Crippen LogP contribution is -2.03. The van der Waals surface area contributed by atoms with Crippen LogP contribution < -0.4 is 0 Å². The third kappa shape index (κ3) is 1.45. The van der Waals surface area contributed by atoms with E-state index < -0.39 is 5.97 Å². The normalized spacial score (nSPS) is 25.3. The van der Waals surface area contributed by atoms with Gasteiger partial charge in [-0.2, -0.15) is 0 Å². The number of hydrogen-bond donors (Lipinski definition) is 2. The Bertz CT molecular complexity index is 647. The summed E-state index contributed by atoms with van der Waals surface area (Å²) in [5.41, 5.74) is 1.30. The van der Waals surface area contributed by atoms with Gasteiger partial charge in [0.1, 0.15) is 11.3 Å². The first kappa shape index (κ1) is 11.5. The number of aromatic nitrogens is 2. The van der Waals surface area contributed by atoms with Gasteiger partial charge in [-0.1, -0.05) is 31.5 Å². The number of aliphatic carboxylic acids is 1. The van der Waals surface area contributed by atoms with Crippen molar-refractivity contribution >= 4 is 28.6 Å². The van der Waals surface area contributed by atoms with Crippen molar-refractivity contribution in [1.82, 2.24) is 9.97 Å². The Hall–Kier alpha value is -1.55. The Morgan fingerprint density at radius 3 is 2.78 bits per heavy atom. The minimum absolute atomic E-state index is 0.0709. The van der Waals surface area contributed by atoms with Crippen molar-refractivity contribution in [3.8, 4) is 0 Å². The van der Waals surface area contributed by atoms with Crippen molar-refractivity contribution in [2.24, 2.45) is 11.3 Å². The summed E-state index contributed by atoms with van der Waals surface area (Å²) in [6.45, 7) is 3.90. The van der Waals surface area contributed by atoms with Gasteiger partial charge in [0.2, 0.25) is 0 Å². The van der Waals surface area contributed by atoms with E-state index in [0.29, 0.717) is 10.5 Å². The van der Waals surface area contributed by atoms with Crippen LogP contribution >= 0.6 is 11.6 Å². The van der Waals surface area contributed by atoms with Crippen LogP contribution in [0.3, 0.4) is 0 Å². The minimum atomic E-state index is -0.767. The van der Waals surface area contributed by atoms with E-state index in [1.54, 1.807) is 6.07 Å². The third-order valence-corrected chi connectivity index (χ3v) is 4.17. The summed E-state index contributed by atoms with van der Waals surface area (Å²) >= 11 is 6.07. The smallest absolute Gasteiger partial charge is 0.307 e. The minimum Gasteiger partial charge on any atom is -0.481 e. The standard InChI is InChI=1S/C13H13ClN2O2/c1-13(2)8(9(13)12(17)18)11-15-7-5-3-4-6(14)10(7)16-11/h3-5,8-9H,1-2H3,(H,15,16)(H,17,18). The van der Waals surface area contributed by atoms with Gasteiger partial charge in [-0.15, -0.1) is 0 Å². The van der Waals surface area contributed by atoms with Gasteiger partial charge < -0.3 is 10.1 Å². The molecule has 3 rings (SSSR count). The molecular weight excluding hydrogens is 252 g/mol. The quantitative estimate of drug-likeness (QED) is 0.876. The van der Waals surface area contributed by atoms with E-state index in [0.717, 1.165) is 11.3 Å². The second kappa shape index (κ2) is 3.48. The number of fused-ring (bicyclic) bond motifs is 1. The summed E-state index contributed by atoms with van der Waals surface area (Å²) in [4.78, 5) is 18.8. The fourth-order valence-corrected chi connectivity index (χ4v) is 2.99. The molecule has 5 heteroatoms. The van der Waals surface area contributed by atoms with E-state index in [4.69, 9.17) is 11.6 Å². The first-order chi connectivity index (χ1) is 8.43. The largest absolute Gasteiger partial charge is 0.481 e. The fourth-order valence-electron chi connectivity index (χ4n) is 2.77. The Kier molecular flexibility index (Phi) is 2.23. The van der Waals surface area contributed by atoms with E-state index in [1.807, 2.05) is 26.0 Å². The molecule has 94 valence electrons. The number of halogens is 1. The molecule has 1 aromatic heterocycles. The monoisotopic (exact) mass is 264 g/mol. The zero-order valence-electron chi connectivity index (χ0n) is 10.1. The predicted octanol–water partition coefficient (Wildman–Crippen LogP) is 3.04. The van der Waals surface area contributed by atoms with Gasteiger partial charge in [0, 0.05) is 5.92 Å². The first-order valence-corrected chi connectivity index (χ1v) is 6.17. The lowest BCUT2D eigenvalue weighted by Gasteiger charge is -1.97. The molecule has 0 saturated heterocycles. The predicted molar refractivity (Wildman–Crippen MR) is 68.8 cm³/mol. The highest BCUT2D eigenvalue weighted by molar-refractivity contribution is 6.34. The number of nitrogens with zero attached hydrogens (tertiary/aromatic N) is 1. The van der Waals surface area contributed by atoms with E-state index >= 15 is 0 Å². The highest BCUT2D eigenvalue weighted by Gasteiger charge is 2.64. The summed E-state index contributed by atoms with van der Waals surface area (Å²) in [6, 6.07) is 5.52. The van der Waals surface area contributed by atoms with Gasteiger partial charge in [0.25, 0.3) is 0 Å². The molecule has 2 atom stereocenters. The number of aromatic amines is 1. The van der Waals surface area contributed by atoms with E-state index in [1.165, 1.54) is 0 Å². The van der Waals surface area contributed by atoms with Crippen molar-refractivity contribution < 1.29 is 9.90 Å². The molecule has 1 aromatic carbocycles. The molecule has 2 aromatic rings.